The van der Waals surface area contributed by atoms with Crippen molar-refractivity contribution in [2.24, 2.45) is 0 Å². The third-order valence-electron chi connectivity index (χ3n) is 2.57. The molecule has 0 heterocycles. The van der Waals surface area contributed by atoms with Gasteiger partial charge in [-0.15, -0.1) is 0 Å². The molecule has 0 spiro atoms. The average Bonchev–Trinajstić information content (AvgIpc) is 2.38. The molecule has 3 amide bonds. The van der Waals surface area contributed by atoms with E-state index >= 15 is 0 Å². The molecule has 114 valence electrons. The number of carbonyl (C=O) groups excluding carboxylic acids is 2. The van der Waals surface area contributed by atoms with Gasteiger partial charge in [-0.3, -0.25) is 4.79 Å². The van der Waals surface area contributed by atoms with Crippen LogP contribution in [-0.2, 0) is 4.79 Å². The number of aromatic carboxylic acids is 1. The van der Waals surface area contributed by atoms with Gasteiger partial charge in [-0.1, -0.05) is 17.7 Å². The quantitative estimate of drug-likeness (QED) is 0.663. The molecule has 8 heteroatoms. The van der Waals surface area contributed by atoms with Crippen LogP contribution in [0.3, 0.4) is 0 Å². The monoisotopic (exact) mass is 313 g/mol. The summed E-state index contributed by atoms with van der Waals surface area (Å²) < 4.78 is 0. The second-order valence-electron chi connectivity index (χ2n) is 4.18. The van der Waals surface area contributed by atoms with E-state index in [-0.39, 0.29) is 22.2 Å². The van der Waals surface area contributed by atoms with Crippen molar-refractivity contribution in [3.05, 3.63) is 28.8 Å². The Labute approximate surface area is 126 Å². The highest BCUT2D eigenvalue weighted by Crippen LogP contribution is 2.24. The third-order valence-corrected chi connectivity index (χ3v) is 2.88. The lowest BCUT2D eigenvalue weighted by atomic mass is 10.2. The van der Waals surface area contributed by atoms with E-state index in [0.717, 1.165) is 0 Å². The zero-order valence-electron chi connectivity index (χ0n) is 11.6. The smallest absolute Gasteiger partial charge is 0.339 e. The van der Waals surface area contributed by atoms with Crippen LogP contribution in [-0.4, -0.2) is 35.6 Å². The van der Waals surface area contributed by atoms with E-state index in [2.05, 4.69) is 16.0 Å². The van der Waals surface area contributed by atoms with Crippen LogP contribution < -0.4 is 16.0 Å². The van der Waals surface area contributed by atoms with E-state index in [1.54, 1.807) is 6.92 Å². The lowest BCUT2D eigenvalue weighted by molar-refractivity contribution is -0.122. The highest BCUT2D eigenvalue weighted by Gasteiger charge is 2.18. The van der Waals surface area contributed by atoms with E-state index < -0.39 is 18.0 Å². The summed E-state index contributed by atoms with van der Waals surface area (Å²) in [4.78, 5) is 34.4. The Morgan fingerprint density at radius 3 is 2.57 bits per heavy atom. The van der Waals surface area contributed by atoms with Gasteiger partial charge in [0.15, 0.2) is 0 Å². The molecule has 0 aliphatic carbocycles. The number of rotatable bonds is 5. The van der Waals surface area contributed by atoms with Gasteiger partial charge >= 0.3 is 12.0 Å². The summed E-state index contributed by atoms with van der Waals surface area (Å²) in [6.07, 6.45) is 0. The highest BCUT2D eigenvalue weighted by molar-refractivity contribution is 6.34. The zero-order valence-corrected chi connectivity index (χ0v) is 12.3. The van der Waals surface area contributed by atoms with Gasteiger partial charge in [-0.2, -0.15) is 0 Å². The van der Waals surface area contributed by atoms with Crippen molar-refractivity contribution in [2.75, 3.05) is 11.9 Å². The number of amides is 3. The van der Waals surface area contributed by atoms with Gasteiger partial charge in [0.25, 0.3) is 0 Å². The normalized spacial score (nSPS) is 11.4. The fourth-order valence-electron chi connectivity index (χ4n) is 1.59. The lowest BCUT2D eigenvalue weighted by Crippen LogP contribution is -2.46. The summed E-state index contributed by atoms with van der Waals surface area (Å²) in [5.41, 5.74) is -0.157. The fraction of sp³-hybridized carbons (Fsp3) is 0.308. The number of carboxylic acid groups (broad SMARTS) is 1. The molecule has 0 fully saturated rings. The number of hydrogen-bond acceptors (Lipinski definition) is 3. The van der Waals surface area contributed by atoms with Crippen LogP contribution in [0.15, 0.2) is 18.2 Å². The Bertz CT molecular complexity index is 562. The summed E-state index contributed by atoms with van der Waals surface area (Å²) in [5.74, 6) is -1.59. The number of anilines is 1. The second-order valence-corrected chi connectivity index (χ2v) is 4.59. The minimum atomic E-state index is -1.26. The van der Waals surface area contributed by atoms with Crippen LogP contribution in [0, 0.1) is 0 Å². The van der Waals surface area contributed by atoms with Gasteiger partial charge in [0.05, 0.1) is 10.7 Å². The molecule has 1 rings (SSSR count). The zero-order chi connectivity index (χ0) is 16.0. The van der Waals surface area contributed by atoms with Gasteiger partial charge < -0.3 is 21.1 Å². The molecule has 0 bridgehead atoms. The first-order valence-corrected chi connectivity index (χ1v) is 6.61. The molecule has 0 radical (unpaired) electrons. The highest BCUT2D eigenvalue weighted by atomic mass is 35.5. The Kier molecular flexibility index (Phi) is 5.98. The summed E-state index contributed by atoms with van der Waals surface area (Å²) in [7, 11) is 0. The van der Waals surface area contributed by atoms with Crippen molar-refractivity contribution < 1.29 is 19.5 Å². The number of carbonyl (C=O) groups is 3. The number of halogens is 1. The first-order chi connectivity index (χ1) is 9.86. The number of likely N-dealkylation sites (N-methyl/N-ethyl adjacent to an activating group) is 1. The van der Waals surface area contributed by atoms with Crippen LogP contribution in [0.5, 0.6) is 0 Å². The standard InChI is InChI=1S/C13H16ClN3O4/c1-3-15-11(18)7(2)16-13(21)17-9-6-4-5-8(14)10(9)12(19)20/h4-7H,3H2,1-2H3,(H,15,18)(H,19,20)(H2,16,17,21). The lowest BCUT2D eigenvalue weighted by Gasteiger charge is -2.15. The van der Waals surface area contributed by atoms with Gasteiger partial charge in [0, 0.05) is 6.54 Å². The Balaban J connectivity index is 2.78. The summed E-state index contributed by atoms with van der Waals surface area (Å²) >= 11 is 5.79. The van der Waals surface area contributed by atoms with Crippen LogP contribution in [0.1, 0.15) is 24.2 Å². The number of nitrogens with one attached hydrogen (secondary N) is 3. The topological polar surface area (TPSA) is 108 Å². The SMILES string of the molecule is CCNC(=O)C(C)NC(=O)Nc1cccc(Cl)c1C(=O)O. The minimum Gasteiger partial charge on any atom is -0.478 e. The van der Waals surface area contributed by atoms with Crippen LogP contribution in [0.4, 0.5) is 10.5 Å². The number of carboxylic acids is 1. The third kappa shape index (κ3) is 4.64. The van der Waals surface area contributed by atoms with E-state index in [1.807, 2.05) is 0 Å². The van der Waals surface area contributed by atoms with Crippen molar-refractivity contribution in [3.8, 4) is 0 Å². The Morgan fingerprint density at radius 2 is 2.00 bits per heavy atom. The summed E-state index contributed by atoms with van der Waals surface area (Å²) in [6.45, 7) is 3.72. The molecule has 1 atom stereocenters. The maximum Gasteiger partial charge on any atom is 0.339 e. The molecule has 21 heavy (non-hydrogen) atoms. The number of benzene rings is 1. The maximum absolute atomic E-state index is 11.8. The molecule has 1 unspecified atom stereocenters. The second kappa shape index (κ2) is 7.49. The maximum atomic E-state index is 11.8. The van der Waals surface area contributed by atoms with E-state index in [1.165, 1.54) is 25.1 Å². The molecule has 0 saturated carbocycles. The molecule has 0 aliphatic rings. The molecule has 0 aliphatic heterocycles. The van der Waals surface area contributed by atoms with Crippen molar-refractivity contribution in [3.63, 3.8) is 0 Å². The molecular formula is C13H16ClN3O4. The van der Waals surface area contributed by atoms with Crippen LogP contribution >= 0.6 is 11.6 Å². The molecule has 1 aromatic rings. The van der Waals surface area contributed by atoms with Gasteiger partial charge in [0.2, 0.25) is 5.91 Å². The molecule has 0 saturated heterocycles. The molecule has 1 aromatic carbocycles. The van der Waals surface area contributed by atoms with Crippen molar-refractivity contribution in [1.29, 1.82) is 0 Å². The number of hydrogen-bond donors (Lipinski definition) is 4. The molecular weight excluding hydrogens is 298 g/mol. The average molecular weight is 314 g/mol. The Hall–Kier alpha value is -2.28. The van der Waals surface area contributed by atoms with Crippen molar-refractivity contribution >= 4 is 35.2 Å². The number of urea groups is 1. The predicted octanol–water partition coefficient (Wildman–Crippen LogP) is 1.68. The van der Waals surface area contributed by atoms with Gasteiger partial charge in [0.1, 0.15) is 11.6 Å². The Morgan fingerprint density at radius 1 is 1.33 bits per heavy atom. The van der Waals surface area contributed by atoms with Gasteiger partial charge in [-0.25, -0.2) is 9.59 Å². The van der Waals surface area contributed by atoms with Crippen molar-refractivity contribution in [2.45, 2.75) is 19.9 Å². The predicted molar refractivity (Wildman–Crippen MR) is 78.7 cm³/mol. The van der Waals surface area contributed by atoms with E-state index in [4.69, 9.17) is 16.7 Å². The molecule has 0 aromatic heterocycles. The summed E-state index contributed by atoms with van der Waals surface area (Å²) in [6, 6.07) is 2.88. The first-order valence-electron chi connectivity index (χ1n) is 6.23. The summed E-state index contributed by atoms with van der Waals surface area (Å²) in [5, 5.41) is 16.4. The van der Waals surface area contributed by atoms with Crippen LogP contribution in [0.2, 0.25) is 5.02 Å². The van der Waals surface area contributed by atoms with Crippen LogP contribution in [0.25, 0.3) is 0 Å². The fourth-order valence-corrected chi connectivity index (χ4v) is 1.85. The molecule has 4 N–H and O–H groups in total. The largest absolute Gasteiger partial charge is 0.478 e. The molecule has 7 nitrogen and oxygen atoms in total. The van der Waals surface area contributed by atoms with Gasteiger partial charge in [-0.05, 0) is 26.0 Å². The van der Waals surface area contributed by atoms with Crippen molar-refractivity contribution in [1.82, 2.24) is 10.6 Å². The minimum absolute atomic E-state index is 0.0112. The first kappa shape index (κ1) is 16.8. The van der Waals surface area contributed by atoms with E-state index in [9.17, 15) is 14.4 Å². The van der Waals surface area contributed by atoms with E-state index in [0.29, 0.717) is 6.54 Å².